The average molecular weight is 536 g/mol. The lowest BCUT2D eigenvalue weighted by Gasteiger charge is -2.24. The van der Waals surface area contributed by atoms with Crippen molar-refractivity contribution in [1.29, 1.82) is 0 Å². The van der Waals surface area contributed by atoms with E-state index in [2.05, 4.69) is 32.4 Å². The van der Waals surface area contributed by atoms with Crippen molar-refractivity contribution in [2.45, 2.75) is 71.2 Å². The zero-order valence-electron chi connectivity index (χ0n) is 23.2. The number of aliphatic hydroxyl groups excluding tert-OH is 2. The smallest absolute Gasteiger partial charge is 0.308 e. The van der Waals surface area contributed by atoms with E-state index in [-0.39, 0.29) is 37.1 Å². The molecule has 0 aliphatic rings. The van der Waals surface area contributed by atoms with Crippen LogP contribution in [-0.2, 0) is 16.1 Å². The summed E-state index contributed by atoms with van der Waals surface area (Å²) < 4.78 is 24.7. The molecular weight excluding hydrogens is 497 g/mol. The van der Waals surface area contributed by atoms with E-state index in [1.54, 1.807) is 24.3 Å². The first-order valence-electron chi connectivity index (χ1n) is 13.2. The van der Waals surface area contributed by atoms with E-state index in [1.165, 1.54) is 19.2 Å². The number of methoxy groups -OCH3 is 1. The molecule has 0 aliphatic heterocycles. The molecule has 3 aromatic rings. The van der Waals surface area contributed by atoms with Crippen molar-refractivity contribution in [2.24, 2.45) is 0 Å². The SMILES string of the molecule is COC(=O)CC(O)CC(O)C=Cc1c(C(C)C)nc(C(C)C)c(COc2ccccc2)c1-c1ccc(F)cc1. The minimum Gasteiger partial charge on any atom is -0.489 e. The summed E-state index contributed by atoms with van der Waals surface area (Å²) in [5.41, 5.74) is 5.04. The molecule has 6 nitrogen and oxygen atoms in total. The molecule has 0 radical (unpaired) electrons. The molecule has 2 atom stereocenters. The molecule has 0 spiro atoms. The van der Waals surface area contributed by atoms with Gasteiger partial charge in [-0.05, 0) is 47.2 Å². The molecule has 2 unspecified atom stereocenters. The number of hydrogen-bond donors (Lipinski definition) is 2. The van der Waals surface area contributed by atoms with Gasteiger partial charge in [-0.3, -0.25) is 9.78 Å². The molecule has 3 rings (SSSR count). The molecule has 2 N–H and O–H groups in total. The van der Waals surface area contributed by atoms with Crippen LogP contribution in [0.5, 0.6) is 5.75 Å². The fraction of sp³-hybridized carbons (Fsp3) is 0.375. The third kappa shape index (κ3) is 8.22. The molecule has 0 saturated carbocycles. The van der Waals surface area contributed by atoms with Gasteiger partial charge in [0.2, 0.25) is 0 Å². The zero-order valence-corrected chi connectivity index (χ0v) is 23.2. The Labute approximate surface area is 230 Å². The number of pyridine rings is 1. The predicted octanol–water partition coefficient (Wildman–Crippen LogP) is 6.40. The highest BCUT2D eigenvalue weighted by molar-refractivity contribution is 5.80. The molecule has 0 fully saturated rings. The molecule has 208 valence electrons. The second kappa shape index (κ2) is 14.0. The Balaban J connectivity index is 2.15. The highest BCUT2D eigenvalue weighted by Crippen LogP contribution is 2.38. The van der Waals surface area contributed by atoms with E-state index < -0.39 is 18.2 Å². The van der Waals surface area contributed by atoms with Crippen LogP contribution in [0.15, 0.2) is 60.7 Å². The molecule has 0 aliphatic carbocycles. The van der Waals surface area contributed by atoms with E-state index in [0.29, 0.717) is 0 Å². The number of para-hydroxylation sites is 1. The third-order valence-electron chi connectivity index (χ3n) is 6.38. The van der Waals surface area contributed by atoms with Crippen molar-refractivity contribution in [1.82, 2.24) is 4.98 Å². The van der Waals surface area contributed by atoms with Gasteiger partial charge in [0.15, 0.2) is 0 Å². The highest BCUT2D eigenvalue weighted by atomic mass is 19.1. The molecule has 0 saturated heterocycles. The molecule has 39 heavy (non-hydrogen) atoms. The maximum absolute atomic E-state index is 13.9. The van der Waals surface area contributed by atoms with Crippen molar-refractivity contribution in [3.05, 3.63) is 89.0 Å². The Morgan fingerprint density at radius 2 is 1.62 bits per heavy atom. The molecule has 0 bridgehead atoms. The lowest BCUT2D eigenvalue weighted by molar-refractivity contribution is -0.143. The van der Waals surface area contributed by atoms with Gasteiger partial charge in [0.1, 0.15) is 18.2 Å². The normalized spacial score (nSPS) is 13.2. The van der Waals surface area contributed by atoms with E-state index in [9.17, 15) is 19.4 Å². The van der Waals surface area contributed by atoms with Crippen molar-refractivity contribution in [3.63, 3.8) is 0 Å². The Kier molecular flexibility index (Phi) is 10.8. The van der Waals surface area contributed by atoms with E-state index >= 15 is 0 Å². The Morgan fingerprint density at radius 3 is 2.21 bits per heavy atom. The third-order valence-corrected chi connectivity index (χ3v) is 6.38. The Morgan fingerprint density at radius 1 is 0.974 bits per heavy atom. The largest absolute Gasteiger partial charge is 0.489 e. The van der Waals surface area contributed by atoms with Gasteiger partial charge in [-0.1, -0.05) is 70.2 Å². The van der Waals surface area contributed by atoms with Gasteiger partial charge >= 0.3 is 5.97 Å². The van der Waals surface area contributed by atoms with Crippen LogP contribution >= 0.6 is 0 Å². The lowest BCUT2D eigenvalue weighted by Crippen LogP contribution is -2.20. The summed E-state index contributed by atoms with van der Waals surface area (Å²) in [5, 5.41) is 20.8. The molecule has 0 amide bonds. The van der Waals surface area contributed by atoms with Gasteiger partial charge in [-0.15, -0.1) is 0 Å². The fourth-order valence-electron chi connectivity index (χ4n) is 4.45. The summed E-state index contributed by atoms with van der Waals surface area (Å²) in [6.07, 6.45) is 1.09. The molecular formula is C32H38FNO5. The van der Waals surface area contributed by atoms with Gasteiger partial charge in [-0.2, -0.15) is 0 Å². The standard InChI is InChI=1S/C32H38FNO5/c1-20(2)31-27(16-15-24(35)17-25(36)18-29(37)38-5)30(22-11-13-23(33)14-12-22)28(32(34-31)21(3)4)19-39-26-9-7-6-8-10-26/h6-16,20-21,24-25,35-36H,17-19H2,1-5H3. The summed E-state index contributed by atoms with van der Waals surface area (Å²) in [7, 11) is 1.25. The molecule has 7 heteroatoms. The van der Waals surface area contributed by atoms with E-state index in [0.717, 1.165) is 39.4 Å². The number of aromatic nitrogens is 1. The number of carbonyl (C=O) groups is 1. The van der Waals surface area contributed by atoms with Gasteiger partial charge < -0.3 is 19.7 Å². The first kappa shape index (κ1) is 30.0. The number of esters is 1. The van der Waals surface area contributed by atoms with E-state index in [4.69, 9.17) is 9.72 Å². The van der Waals surface area contributed by atoms with Crippen LogP contribution in [0.4, 0.5) is 4.39 Å². The number of halogens is 1. The Bertz CT molecular complexity index is 1260. The second-order valence-electron chi connectivity index (χ2n) is 10.2. The number of ether oxygens (including phenoxy) is 2. The van der Waals surface area contributed by atoms with Crippen LogP contribution < -0.4 is 4.74 Å². The first-order chi connectivity index (χ1) is 18.6. The number of nitrogens with zero attached hydrogens (tertiary/aromatic N) is 1. The van der Waals surface area contributed by atoms with E-state index in [1.807, 2.05) is 30.3 Å². The number of rotatable bonds is 12. The van der Waals surface area contributed by atoms with Crippen LogP contribution in [-0.4, -0.2) is 40.5 Å². The van der Waals surface area contributed by atoms with Crippen LogP contribution in [0.2, 0.25) is 0 Å². The van der Waals surface area contributed by atoms with Crippen molar-refractivity contribution >= 4 is 12.0 Å². The van der Waals surface area contributed by atoms with Gasteiger partial charge in [0.25, 0.3) is 0 Å². The average Bonchev–Trinajstić information content (AvgIpc) is 2.90. The first-order valence-corrected chi connectivity index (χ1v) is 13.2. The molecule has 1 aromatic heterocycles. The van der Waals surface area contributed by atoms with Crippen LogP contribution in [0, 0.1) is 5.82 Å². The minimum atomic E-state index is -1.05. The van der Waals surface area contributed by atoms with Gasteiger partial charge in [0.05, 0.1) is 37.1 Å². The summed E-state index contributed by atoms with van der Waals surface area (Å²) in [6.45, 7) is 8.50. The van der Waals surface area contributed by atoms with Crippen LogP contribution in [0.3, 0.4) is 0 Å². The van der Waals surface area contributed by atoms with Crippen LogP contribution in [0.1, 0.15) is 74.9 Å². The molecule has 1 heterocycles. The zero-order chi connectivity index (χ0) is 28.5. The quantitative estimate of drug-likeness (QED) is 0.261. The topological polar surface area (TPSA) is 88.9 Å². The fourth-order valence-corrected chi connectivity index (χ4v) is 4.45. The number of carbonyl (C=O) groups excluding carboxylic acids is 1. The Hall–Kier alpha value is -3.55. The predicted molar refractivity (Wildman–Crippen MR) is 151 cm³/mol. The van der Waals surface area contributed by atoms with Gasteiger partial charge in [0, 0.05) is 17.5 Å². The maximum atomic E-state index is 13.9. The maximum Gasteiger partial charge on any atom is 0.308 e. The van der Waals surface area contributed by atoms with Crippen molar-refractivity contribution in [3.8, 4) is 16.9 Å². The summed E-state index contributed by atoms with van der Waals surface area (Å²) in [5.74, 6) is -0.0240. The minimum absolute atomic E-state index is 0.0318. The van der Waals surface area contributed by atoms with Crippen molar-refractivity contribution in [2.75, 3.05) is 7.11 Å². The highest BCUT2D eigenvalue weighted by Gasteiger charge is 2.24. The van der Waals surface area contributed by atoms with Crippen molar-refractivity contribution < 1.29 is 28.9 Å². The monoisotopic (exact) mass is 535 g/mol. The second-order valence-corrected chi connectivity index (χ2v) is 10.2. The summed E-state index contributed by atoms with van der Waals surface area (Å²) >= 11 is 0. The number of benzene rings is 2. The van der Waals surface area contributed by atoms with Gasteiger partial charge in [-0.25, -0.2) is 4.39 Å². The summed E-state index contributed by atoms with van der Waals surface area (Å²) in [6, 6.07) is 15.8. The number of hydrogen-bond acceptors (Lipinski definition) is 6. The number of aliphatic hydroxyl groups is 2. The summed E-state index contributed by atoms with van der Waals surface area (Å²) in [4.78, 5) is 16.6. The molecule has 2 aromatic carbocycles. The lowest BCUT2D eigenvalue weighted by atomic mass is 9.87. The van der Waals surface area contributed by atoms with Crippen LogP contribution in [0.25, 0.3) is 17.2 Å².